The molecule has 0 spiro atoms. The maximum absolute atomic E-state index is 11.8. The monoisotopic (exact) mass is 245 g/mol. The molecule has 0 aliphatic heterocycles. The topological polar surface area (TPSA) is 47.8 Å². The van der Waals surface area contributed by atoms with Crippen molar-refractivity contribution < 1.29 is 4.79 Å². The van der Waals surface area contributed by atoms with Crippen molar-refractivity contribution >= 4 is 16.8 Å². The zero-order valence-corrected chi connectivity index (χ0v) is 11.0. The van der Waals surface area contributed by atoms with Crippen LogP contribution in [0.5, 0.6) is 0 Å². The van der Waals surface area contributed by atoms with Gasteiger partial charge in [-0.05, 0) is 25.5 Å². The fourth-order valence-corrected chi connectivity index (χ4v) is 2.10. The van der Waals surface area contributed by atoms with Gasteiger partial charge in [-0.2, -0.15) is 0 Å². The van der Waals surface area contributed by atoms with Crippen LogP contribution < -0.4 is 0 Å². The molecule has 0 saturated carbocycles. The van der Waals surface area contributed by atoms with E-state index in [2.05, 4.69) is 17.2 Å². The molecule has 0 N–H and O–H groups in total. The van der Waals surface area contributed by atoms with Gasteiger partial charge in [-0.25, -0.2) is 4.68 Å². The molecule has 1 aromatic heterocycles. The number of nitrogens with zero attached hydrogens (tertiary/aromatic N) is 3. The third-order valence-electron chi connectivity index (χ3n) is 3.13. The summed E-state index contributed by atoms with van der Waals surface area (Å²) in [6.07, 6.45) is 3.25. The second kappa shape index (κ2) is 5.76. The summed E-state index contributed by atoms with van der Waals surface area (Å²) >= 11 is 0. The third kappa shape index (κ3) is 2.75. The largest absolute Gasteiger partial charge is 0.300 e. The summed E-state index contributed by atoms with van der Waals surface area (Å²) < 4.78 is 1.85. The molecule has 0 unspecified atom stereocenters. The van der Waals surface area contributed by atoms with Gasteiger partial charge in [0, 0.05) is 12.8 Å². The van der Waals surface area contributed by atoms with Crippen molar-refractivity contribution in [2.45, 2.75) is 45.6 Å². The van der Waals surface area contributed by atoms with E-state index >= 15 is 0 Å². The predicted molar refractivity (Wildman–Crippen MR) is 71.4 cm³/mol. The molecule has 1 aromatic carbocycles. The molecular weight excluding hydrogens is 226 g/mol. The lowest BCUT2D eigenvalue weighted by atomic mass is 10.1. The molecule has 0 aliphatic carbocycles. The highest BCUT2D eigenvalue weighted by Crippen LogP contribution is 2.18. The molecule has 4 nitrogen and oxygen atoms in total. The number of rotatable bonds is 6. The molecule has 0 amide bonds. The Morgan fingerprint density at radius 1 is 1.39 bits per heavy atom. The number of fused-ring (bicyclic) bond motifs is 1. The smallest absolute Gasteiger partial charge is 0.135 e. The van der Waals surface area contributed by atoms with E-state index < -0.39 is 0 Å². The lowest BCUT2D eigenvalue weighted by Crippen LogP contribution is -2.12. The first-order chi connectivity index (χ1) is 8.72. The quantitative estimate of drug-likeness (QED) is 0.785. The van der Waals surface area contributed by atoms with E-state index in [-0.39, 0.29) is 6.04 Å². The second-order valence-electron chi connectivity index (χ2n) is 4.72. The Hall–Kier alpha value is -1.71. The normalized spacial score (nSPS) is 12.8. The Kier molecular flexibility index (Phi) is 4.07. The SMILES string of the molecule is CCCCC(=O)C[C@H](C)n1nnc2ccccc21. The highest BCUT2D eigenvalue weighted by atomic mass is 16.1. The van der Waals surface area contributed by atoms with Gasteiger partial charge in [-0.1, -0.05) is 30.7 Å². The fraction of sp³-hybridized carbons (Fsp3) is 0.500. The maximum atomic E-state index is 11.8. The van der Waals surface area contributed by atoms with Crippen molar-refractivity contribution in [2.75, 3.05) is 0 Å². The van der Waals surface area contributed by atoms with E-state index in [9.17, 15) is 4.79 Å². The highest BCUT2D eigenvalue weighted by Gasteiger charge is 2.14. The molecule has 1 heterocycles. The summed E-state index contributed by atoms with van der Waals surface area (Å²) in [5, 5.41) is 8.25. The number of para-hydroxylation sites is 1. The van der Waals surface area contributed by atoms with Crippen LogP contribution in [0, 0.1) is 0 Å². The summed E-state index contributed by atoms with van der Waals surface area (Å²) in [7, 11) is 0. The maximum Gasteiger partial charge on any atom is 0.135 e. The van der Waals surface area contributed by atoms with Crippen LogP contribution in [-0.4, -0.2) is 20.8 Å². The van der Waals surface area contributed by atoms with Crippen LogP contribution in [-0.2, 0) is 4.79 Å². The number of ketones is 1. The summed E-state index contributed by atoms with van der Waals surface area (Å²) in [4.78, 5) is 11.8. The van der Waals surface area contributed by atoms with Gasteiger partial charge >= 0.3 is 0 Å². The van der Waals surface area contributed by atoms with Crippen molar-refractivity contribution in [1.29, 1.82) is 0 Å². The molecule has 0 radical (unpaired) electrons. The van der Waals surface area contributed by atoms with Gasteiger partial charge in [0.1, 0.15) is 11.3 Å². The second-order valence-corrected chi connectivity index (χ2v) is 4.72. The van der Waals surface area contributed by atoms with Gasteiger partial charge in [0.25, 0.3) is 0 Å². The number of unbranched alkanes of at least 4 members (excludes halogenated alkanes) is 1. The van der Waals surface area contributed by atoms with Crippen molar-refractivity contribution in [3.8, 4) is 0 Å². The van der Waals surface area contributed by atoms with Crippen LogP contribution in [0.15, 0.2) is 24.3 Å². The number of aromatic nitrogens is 3. The molecule has 18 heavy (non-hydrogen) atoms. The van der Waals surface area contributed by atoms with Gasteiger partial charge in [0.15, 0.2) is 0 Å². The minimum absolute atomic E-state index is 0.0711. The van der Waals surface area contributed by atoms with E-state index in [0.717, 1.165) is 23.9 Å². The van der Waals surface area contributed by atoms with Gasteiger partial charge in [0.05, 0.1) is 11.6 Å². The number of carbonyl (C=O) groups is 1. The minimum atomic E-state index is 0.0711. The van der Waals surface area contributed by atoms with Crippen LogP contribution in [0.3, 0.4) is 0 Å². The first-order valence-electron chi connectivity index (χ1n) is 6.54. The van der Waals surface area contributed by atoms with E-state index in [1.165, 1.54) is 0 Å². The third-order valence-corrected chi connectivity index (χ3v) is 3.13. The van der Waals surface area contributed by atoms with Gasteiger partial charge < -0.3 is 0 Å². The Bertz CT molecular complexity index is 533. The number of benzene rings is 1. The van der Waals surface area contributed by atoms with E-state index in [1.54, 1.807) is 0 Å². The molecule has 1 atom stereocenters. The van der Waals surface area contributed by atoms with E-state index in [0.29, 0.717) is 18.6 Å². The molecule has 0 saturated heterocycles. The van der Waals surface area contributed by atoms with Crippen molar-refractivity contribution in [3.63, 3.8) is 0 Å². The molecule has 0 bridgehead atoms. The molecule has 2 aromatic rings. The van der Waals surface area contributed by atoms with Crippen molar-refractivity contribution in [1.82, 2.24) is 15.0 Å². The van der Waals surface area contributed by atoms with E-state index in [1.807, 2.05) is 35.9 Å². The average Bonchev–Trinajstić information content (AvgIpc) is 2.80. The summed E-state index contributed by atoms with van der Waals surface area (Å²) in [5.74, 6) is 0.309. The Morgan fingerprint density at radius 3 is 2.94 bits per heavy atom. The number of hydrogen-bond acceptors (Lipinski definition) is 3. The first kappa shape index (κ1) is 12.7. The van der Waals surface area contributed by atoms with Gasteiger partial charge in [0.2, 0.25) is 0 Å². The molecular formula is C14H19N3O. The van der Waals surface area contributed by atoms with Gasteiger partial charge in [-0.3, -0.25) is 4.79 Å². The first-order valence-corrected chi connectivity index (χ1v) is 6.54. The molecule has 0 fully saturated rings. The van der Waals surface area contributed by atoms with E-state index in [4.69, 9.17) is 0 Å². The Labute approximate surface area is 107 Å². The molecule has 0 aliphatic rings. The Balaban J connectivity index is 2.09. The van der Waals surface area contributed by atoms with Gasteiger partial charge in [-0.15, -0.1) is 5.10 Å². The summed E-state index contributed by atoms with van der Waals surface area (Å²) in [6, 6.07) is 7.90. The van der Waals surface area contributed by atoms with Crippen LogP contribution in [0.25, 0.3) is 11.0 Å². The van der Waals surface area contributed by atoms with Crippen LogP contribution >= 0.6 is 0 Å². The molecule has 96 valence electrons. The van der Waals surface area contributed by atoms with Crippen LogP contribution in [0.4, 0.5) is 0 Å². The lowest BCUT2D eigenvalue weighted by molar-refractivity contribution is -0.119. The minimum Gasteiger partial charge on any atom is -0.300 e. The number of carbonyl (C=O) groups excluding carboxylic acids is 1. The Morgan fingerprint density at radius 2 is 2.17 bits per heavy atom. The van der Waals surface area contributed by atoms with Crippen LogP contribution in [0.2, 0.25) is 0 Å². The molecule has 2 rings (SSSR count). The zero-order valence-electron chi connectivity index (χ0n) is 11.0. The summed E-state index contributed by atoms with van der Waals surface area (Å²) in [6.45, 7) is 4.12. The standard InChI is InChI=1S/C14H19N3O/c1-3-4-7-12(18)10-11(2)17-14-9-6-5-8-13(14)15-16-17/h5-6,8-9,11H,3-4,7,10H2,1-2H3/t11-/m0/s1. The lowest BCUT2D eigenvalue weighted by Gasteiger charge is -2.11. The summed E-state index contributed by atoms with van der Waals surface area (Å²) in [5.41, 5.74) is 1.87. The number of hydrogen-bond donors (Lipinski definition) is 0. The number of Topliss-reactive ketones (excluding diaryl/α,β-unsaturated/α-hetero) is 1. The zero-order chi connectivity index (χ0) is 13.0. The van der Waals surface area contributed by atoms with Crippen molar-refractivity contribution in [3.05, 3.63) is 24.3 Å². The predicted octanol–water partition coefficient (Wildman–Crippen LogP) is 3.14. The van der Waals surface area contributed by atoms with Crippen molar-refractivity contribution in [2.24, 2.45) is 0 Å². The van der Waals surface area contributed by atoms with Crippen LogP contribution in [0.1, 0.15) is 45.6 Å². The molecule has 4 heteroatoms. The fourth-order valence-electron chi connectivity index (χ4n) is 2.10. The average molecular weight is 245 g/mol. The highest BCUT2D eigenvalue weighted by molar-refractivity contribution is 5.79.